The molecule has 1 N–H and O–H groups in total. The summed E-state index contributed by atoms with van der Waals surface area (Å²) in [4.78, 5) is 26.3. The van der Waals surface area contributed by atoms with Crippen LogP contribution in [-0.4, -0.2) is 23.1 Å². The normalized spacial score (nSPS) is 13.3. The number of aromatic hydroxyl groups is 1. The summed E-state index contributed by atoms with van der Waals surface area (Å²) in [5.74, 6) is 1.37. The highest BCUT2D eigenvalue weighted by Crippen LogP contribution is 2.40. The van der Waals surface area contributed by atoms with E-state index in [1.165, 1.54) is 0 Å². The van der Waals surface area contributed by atoms with E-state index in [4.69, 9.17) is 14.2 Å². The van der Waals surface area contributed by atoms with Gasteiger partial charge in [-0.25, -0.2) is 0 Å². The topological polar surface area (TPSA) is 82.1 Å². The zero-order valence-corrected chi connectivity index (χ0v) is 32.3. The second-order valence-electron chi connectivity index (χ2n) is 15.0. The van der Waals surface area contributed by atoms with E-state index in [0.29, 0.717) is 24.3 Å². The second kappa shape index (κ2) is 15.8. The van der Waals surface area contributed by atoms with Crippen LogP contribution >= 0.6 is 0 Å². The summed E-state index contributed by atoms with van der Waals surface area (Å²) < 4.78 is 18.3. The molecular formula is C45H56O6. The fourth-order valence-electron chi connectivity index (χ4n) is 6.64. The SMILES string of the molecule is CCC(C)C(=O)Oc1ccc(C(C)(C)c2ccc(OC(C)C(CC)(CC)C(=O)Oc3ccc(C(C)(C)c4ccc(O)cc4)cc3)c(C)c2)cc1C. The first-order valence-corrected chi connectivity index (χ1v) is 18.2. The van der Waals surface area contributed by atoms with Crippen molar-refractivity contribution in [3.63, 3.8) is 0 Å². The van der Waals surface area contributed by atoms with Gasteiger partial charge in [-0.3, -0.25) is 9.59 Å². The second-order valence-corrected chi connectivity index (χ2v) is 15.0. The van der Waals surface area contributed by atoms with Crippen molar-refractivity contribution < 1.29 is 28.9 Å². The quantitative estimate of drug-likeness (QED) is 0.105. The van der Waals surface area contributed by atoms with Gasteiger partial charge in [-0.15, -0.1) is 0 Å². The van der Waals surface area contributed by atoms with Gasteiger partial charge in [0.2, 0.25) is 0 Å². The fourth-order valence-corrected chi connectivity index (χ4v) is 6.64. The number of phenolic OH excluding ortho intramolecular Hbond substituents is 1. The van der Waals surface area contributed by atoms with Gasteiger partial charge in [0, 0.05) is 10.8 Å². The van der Waals surface area contributed by atoms with E-state index in [1.54, 1.807) is 12.1 Å². The van der Waals surface area contributed by atoms with Gasteiger partial charge in [0.05, 0.1) is 5.92 Å². The molecule has 0 saturated carbocycles. The minimum absolute atomic E-state index is 0.147. The van der Waals surface area contributed by atoms with Crippen LogP contribution in [0.15, 0.2) is 84.9 Å². The molecule has 0 amide bonds. The monoisotopic (exact) mass is 692 g/mol. The van der Waals surface area contributed by atoms with E-state index in [2.05, 4.69) is 45.9 Å². The Morgan fingerprint density at radius 2 is 1.10 bits per heavy atom. The Bertz CT molecular complexity index is 1810. The van der Waals surface area contributed by atoms with Crippen LogP contribution in [0.3, 0.4) is 0 Å². The van der Waals surface area contributed by atoms with Crippen LogP contribution in [0.2, 0.25) is 0 Å². The molecule has 51 heavy (non-hydrogen) atoms. The van der Waals surface area contributed by atoms with Gasteiger partial charge >= 0.3 is 11.9 Å². The molecule has 0 spiro atoms. The molecule has 0 aromatic heterocycles. The number of esters is 2. The van der Waals surface area contributed by atoms with Crippen molar-refractivity contribution in [2.24, 2.45) is 11.3 Å². The lowest BCUT2D eigenvalue weighted by molar-refractivity contribution is -0.152. The first kappa shape index (κ1) is 39.2. The molecule has 0 bridgehead atoms. The van der Waals surface area contributed by atoms with Gasteiger partial charge in [0.25, 0.3) is 0 Å². The Morgan fingerprint density at radius 3 is 1.57 bits per heavy atom. The maximum Gasteiger partial charge on any atom is 0.321 e. The molecule has 2 unspecified atom stereocenters. The molecule has 0 aliphatic carbocycles. The Hall–Kier alpha value is -4.58. The van der Waals surface area contributed by atoms with E-state index in [1.807, 2.05) is 103 Å². The van der Waals surface area contributed by atoms with Gasteiger partial charge in [-0.2, -0.15) is 0 Å². The largest absolute Gasteiger partial charge is 0.508 e. The van der Waals surface area contributed by atoms with E-state index >= 15 is 0 Å². The summed E-state index contributed by atoms with van der Waals surface area (Å²) in [6.45, 7) is 22.4. The molecule has 0 aliphatic rings. The van der Waals surface area contributed by atoms with Gasteiger partial charge in [-0.05, 0) is 110 Å². The van der Waals surface area contributed by atoms with Crippen molar-refractivity contribution in [1.82, 2.24) is 0 Å². The van der Waals surface area contributed by atoms with Gasteiger partial charge in [0.1, 0.15) is 34.5 Å². The Kier molecular flexibility index (Phi) is 12.1. The van der Waals surface area contributed by atoms with Gasteiger partial charge in [0.15, 0.2) is 0 Å². The van der Waals surface area contributed by atoms with Gasteiger partial charge < -0.3 is 19.3 Å². The zero-order valence-electron chi connectivity index (χ0n) is 32.3. The highest BCUT2D eigenvalue weighted by molar-refractivity contribution is 5.80. The summed E-state index contributed by atoms with van der Waals surface area (Å²) in [5, 5.41) is 9.72. The number of hydrogen-bond acceptors (Lipinski definition) is 6. The molecule has 0 radical (unpaired) electrons. The van der Waals surface area contributed by atoms with Crippen molar-refractivity contribution in [2.75, 3.05) is 0 Å². The number of benzene rings is 4. The third-order valence-corrected chi connectivity index (χ3v) is 11.1. The highest BCUT2D eigenvalue weighted by atomic mass is 16.5. The van der Waals surface area contributed by atoms with Crippen LogP contribution in [0.4, 0.5) is 0 Å². The number of aryl methyl sites for hydroxylation is 2. The average Bonchev–Trinajstić information content (AvgIpc) is 3.10. The van der Waals surface area contributed by atoms with Crippen LogP contribution in [0, 0.1) is 25.2 Å². The first-order valence-electron chi connectivity index (χ1n) is 18.2. The number of rotatable bonds is 14. The number of carbonyl (C=O) groups is 2. The molecule has 4 aromatic rings. The minimum atomic E-state index is -0.855. The van der Waals surface area contributed by atoms with E-state index in [0.717, 1.165) is 45.6 Å². The minimum Gasteiger partial charge on any atom is -0.508 e. The summed E-state index contributed by atoms with van der Waals surface area (Å²) >= 11 is 0. The Balaban J connectivity index is 1.49. The van der Waals surface area contributed by atoms with Crippen LogP contribution in [0.1, 0.15) is 115 Å². The Labute approximate surface area is 305 Å². The summed E-state index contributed by atoms with van der Waals surface area (Å²) in [5.41, 5.74) is 4.79. The van der Waals surface area contributed by atoms with Crippen molar-refractivity contribution in [3.05, 3.63) is 118 Å². The summed E-state index contributed by atoms with van der Waals surface area (Å²) in [6.07, 6.45) is 1.41. The lowest BCUT2D eigenvalue weighted by Gasteiger charge is -2.35. The molecule has 6 nitrogen and oxygen atoms in total. The van der Waals surface area contributed by atoms with E-state index < -0.39 is 11.5 Å². The number of phenols is 1. The van der Waals surface area contributed by atoms with Crippen LogP contribution in [0.25, 0.3) is 0 Å². The molecule has 6 heteroatoms. The van der Waals surface area contributed by atoms with E-state index in [9.17, 15) is 14.7 Å². The molecule has 0 fully saturated rings. The smallest absolute Gasteiger partial charge is 0.321 e. The van der Waals surface area contributed by atoms with E-state index in [-0.39, 0.29) is 34.4 Å². The number of hydrogen-bond donors (Lipinski definition) is 1. The molecule has 2 atom stereocenters. The molecular weight excluding hydrogens is 636 g/mol. The highest BCUT2D eigenvalue weighted by Gasteiger charge is 2.44. The molecule has 0 saturated heterocycles. The van der Waals surface area contributed by atoms with Crippen LogP contribution in [0.5, 0.6) is 23.0 Å². The summed E-state index contributed by atoms with van der Waals surface area (Å²) in [6, 6.07) is 27.1. The third-order valence-electron chi connectivity index (χ3n) is 11.1. The first-order chi connectivity index (χ1) is 24.0. The maximum absolute atomic E-state index is 13.9. The maximum atomic E-state index is 13.9. The van der Waals surface area contributed by atoms with Crippen molar-refractivity contribution >= 4 is 11.9 Å². The van der Waals surface area contributed by atoms with Crippen molar-refractivity contribution in [1.29, 1.82) is 0 Å². The standard InChI is InChI=1S/C45H56O6/c1-12-29(4)41(47)51-40-26-20-36(28-31(40)6)44(10,11)35-19-25-39(30(5)27-35)49-32(7)45(13-2,14-3)42(48)50-38-23-17-34(18-24-38)43(8,9)33-15-21-37(46)22-16-33/h15-29,32,46H,12-14H2,1-11H3. The molecule has 0 heterocycles. The number of ether oxygens (including phenoxy) is 3. The Morgan fingerprint density at radius 1 is 0.647 bits per heavy atom. The lowest BCUT2D eigenvalue weighted by atomic mass is 9.76. The zero-order chi connectivity index (χ0) is 37.7. The lowest BCUT2D eigenvalue weighted by Crippen LogP contribution is -2.45. The van der Waals surface area contributed by atoms with Crippen molar-refractivity contribution in [3.8, 4) is 23.0 Å². The molecule has 272 valence electrons. The third kappa shape index (κ3) is 8.32. The predicted octanol–water partition coefficient (Wildman–Crippen LogP) is 10.8. The molecule has 4 aromatic carbocycles. The molecule has 4 rings (SSSR count). The molecule has 0 aliphatic heterocycles. The van der Waals surface area contributed by atoms with Crippen LogP contribution in [-0.2, 0) is 20.4 Å². The summed E-state index contributed by atoms with van der Waals surface area (Å²) in [7, 11) is 0. The average molecular weight is 693 g/mol. The van der Waals surface area contributed by atoms with Crippen LogP contribution < -0.4 is 14.2 Å². The predicted molar refractivity (Wildman–Crippen MR) is 205 cm³/mol. The fraction of sp³-hybridized carbons (Fsp3) is 0.422. The number of carbonyl (C=O) groups excluding carboxylic acids is 2. The van der Waals surface area contributed by atoms with Gasteiger partial charge in [-0.1, -0.05) is 104 Å². The van der Waals surface area contributed by atoms with Crippen molar-refractivity contribution in [2.45, 2.75) is 112 Å².